The summed E-state index contributed by atoms with van der Waals surface area (Å²) in [6.07, 6.45) is 5.55. The number of hydrogen-bond donors (Lipinski definition) is 2. The van der Waals surface area contributed by atoms with Crippen LogP contribution >= 0.6 is 15.9 Å². The van der Waals surface area contributed by atoms with Gasteiger partial charge in [0, 0.05) is 22.5 Å². The summed E-state index contributed by atoms with van der Waals surface area (Å²) >= 11 is 3.47. The van der Waals surface area contributed by atoms with Gasteiger partial charge in [-0.15, -0.1) is 0 Å². The second kappa shape index (κ2) is 4.96. The fourth-order valence-corrected chi connectivity index (χ4v) is 2.92. The van der Waals surface area contributed by atoms with Gasteiger partial charge in [-0.05, 0) is 53.3 Å². The highest BCUT2D eigenvalue weighted by Gasteiger charge is 2.26. The predicted molar refractivity (Wildman–Crippen MR) is 77.1 cm³/mol. The van der Waals surface area contributed by atoms with Crippen LogP contribution in [0.1, 0.15) is 42.9 Å². The van der Waals surface area contributed by atoms with Crippen molar-refractivity contribution in [2.45, 2.75) is 37.6 Å². The number of aromatic nitrogens is 1. The number of carbonyl (C=O) groups is 1. The SMILES string of the molecule is O=C1CC[C@H](/C=C(\Br)c2ccc(C3CC3)c(=O)[nH]2)N1. The van der Waals surface area contributed by atoms with Crippen molar-refractivity contribution in [3.63, 3.8) is 0 Å². The van der Waals surface area contributed by atoms with Crippen LogP contribution in [0.4, 0.5) is 0 Å². The van der Waals surface area contributed by atoms with Gasteiger partial charge in [0.05, 0.1) is 5.69 Å². The topological polar surface area (TPSA) is 62.0 Å². The molecule has 1 saturated heterocycles. The van der Waals surface area contributed by atoms with Gasteiger partial charge in [-0.3, -0.25) is 9.59 Å². The summed E-state index contributed by atoms with van der Waals surface area (Å²) in [4.78, 5) is 26.0. The molecule has 1 saturated carbocycles. The summed E-state index contributed by atoms with van der Waals surface area (Å²) in [5.74, 6) is 0.536. The summed E-state index contributed by atoms with van der Waals surface area (Å²) in [6, 6.07) is 3.88. The van der Waals surface area contributed by atoms with E-state index in [4.69, 9.17) is 0 Å². The molecule has 2 heterocycles. The Balaban J connectivity index is 1.81. The minimum absolute atomic E-state index is 0.000748. The number of pyridine rings is 1. The number of hydrogen-bond acceptors (Lipinski definition) is 2. The second-order valence-electron chi connectivity index (χ2n) is 5.16. The lowest BCUT2D eigenvalue weighted by atomic mass is 10.1. The number of amides is 1. The first kappa shape index (κ1) is 12.7. The Bertz CT molecular complexity index is 602. The van der Waals surface area contributed by atoms with Crippen LogP contribution in [0.15, 0.2) is 23.0 Å². The molecule has 19 heavy (non-hydrogen) atoms. The molecule has 2 N–H and O–H groups in total. The van der Waals surface area contributed by atoms with Crippen LogP contribution < -0.4 is 10.9 Å². The summed E-state index contributed by atoms with van der Waals surface area (Å²) in [5.41, 5.74) is 1.65. The second-order valence-corrected chi connectivity index (χ2v) is 6.01. The quantitative estimate of drug-likeness (QED) is 0.896. The molecule has 5 heteroatoms. The van der Waals surface area contributed by atoms with Crippen molar-refractivity contribution in [3.8, 4) is 0 Å². The fourth-order valence-electron chi connectivity index (χ4n) is 2.37. The first-order chi connectivity index (χ1) is 9.13. The number of rotatable bonds is 3. The molecule has 4 nitrogen and oxygen atoms in total. The number of carbonyl (C=O) groups excluding carboxylic acids is 1. The van der Waals surface area contributed by atoms with Crippen LogP contribution in [-0.2, 0) is 4.79 Å². The van der Waals surface area contributed by atoms with E-state index in [-0.39, 0.29) is 17.5 Å². The highest BCUT2D eigenvalue weighted by molar-refractivity contribution is 9.15. The van der Waals surface area contributed by atoms with E-state index in [1.165, 1.54) is 0 Å². The number of nitrogens with one attached hydrogen (secondary N) is 2. The summed E-state index contributed by atoms with van der Waals surface area (Å²) in [7, 11) is 0. The minimum Gasteiger partial charge on any atom is -0.350 e. The van der Waals surface area contributed by atoms with Gasteiger partial charge in [-0.1, -0.05) is 6.07 Å². The molecule has 2 fully saturated rings. The third-order valence-electron chi connectivity index (χ3n) is 3.59. The third kappa shape index (κ3) is 2.81. The average Bonchev–Trinajstić information content (AvgIpc) is 3.13. The van der Waals surface area contributed by atoms with Gasteiger partial charge in [-0.25, -0.2) is 0 Å². The first-order valence-corrected chi connectivity index (χ1v) is 7.33. The molecule has 1 aromatic rings. The van der Waals surface area contributed by atoms with Crippen LogP contribution in [0, 0.1) is 0 Å². The zero-order chi connectivity index (χ0) is 13.4. The molecule has 100 valence electrons. The van der Waals surface area contributed by atoms with Crippen molar-refractivity contribution in [1.82, 2.24) is 10.3 Å². The van der Waals surface area contributed by atoms with Gasteiger partial charge >= 0.3 is 0 Å². The summed E-state index contributed by atoms with van der Waals surface area (Å²) in [5, 5.41) is 2.87. The zero-order valence-electron chi connectivity index (χ0n) is 10.4. The average molecular weight is 323 g/mol. The Morgan fingerprint density at radius 3 is 2.63 bits per heavy atom. The zero-order valence-corrected chi connectivity index (χ0v) is 12.0. The van der Waals surface area contributed by atoms with E-state index in [0.717, 1.165) is 35.0 Å². The minimum atomic E-state index is 0.000748. The Kier molecular flexibility index (Phi) is 3.31. The molecule has 3 rings (SSSR count). The molecule has 0 bridgehead atoms. The van der Waals surface area contributed by atoms with E-state index < -0.39 is 0 Å². The van der Waals surface area contributed by atoms with Gasteiger partial charge in [0.2, 0.25) is 5.91 Å². The van der Waals surface area contributed by atoms with Crippen molar-refractivity contribution in [3.05, 3.63) is 39.8 Å². The van der Waals surface area contributed by atoms with E-state index in [1.54, 1.807) is 0 Å². The van der Waals surface area contributed by atoms with Crippen LogP contribution in [-0.4, -0.2) is 16.9 Å². The predicted octanol–water partition coefficient (Wildman–Crippen LogP) is 2.27. The van der Waals surface area contributed by atoms with E-state index >= 15 is 0 Å². The Morgan fingerprint density at radius 2 is 2.05 bits per heavy atom. The van der Waals surface area contributed by atoms with Gasteiger partial charge < -0.3 is 10.3 Å². The molecule has 0 unspecified atom stereocenters. The van der Waals surface area contributed by atoms with Crippen LogP contribution in [0.2, 0.25) is 0 Å². The van der Waals surface area contributed by atoms with Crippen LogP contribution in [0.5, 0.6) is 0 Å². The molecule has 0 radical (unpaired) electrons. The lowest BCUT2D eigenvalue weighted by molar-refractivity contribution is -0.119. The van der Waals surface area contributed by atoms with E-state index in [2.05, 4.69) is 26.2 Å². The summed E-state index contributed by atoms with van der Waals surface area (Å²) < 4.78 is 0.819. The monoisotopic (exact) mass is 322 g/mol. The molecule has 1 aromatic heterocycles. The fraction of sp³-hybridized carbons (Fsp3) is 0.429. The molecule has 1 atom stereocenters. The number of H-pyrrole nitrogens is 1. The molecule has 1 aliphatic carbocycles. The van der Waals surface area contributed by atoms with Crippen molar-refractivity contribution in [1.29, 1.82) is 0 Å². The third-order valence-corrected chi connectivity index (χ3v) is 4.28. The number of aromatic amines is 1. The van der Waals surface area contributed by atoms with Crippen LogP contribution in [0.3, 0.4) is 0 Å². The summed E-state index contributed by atoms with van der Waals surface area (Å²) in [6.45, 7) is 0. The lowest BCUT2D eigenvalue weighted by Gasteiger charge is -2.06. The van der Waals surface area contributed by atoms with E-state index in [0.29, 0.717) is 12.3 Å². The first-order valence-electron chi connectivity index (χ1n) is 6.54. The molecule has 0 aromatic carbocycles. The maximum Gasteiger partial charge on any atom is 0.251 e. The van der Waals surface area contributed by atoms with E-state index in [9.17, 15) is 9.59 Å². The highest BCUT2D eigenvalue weighted by atomic mass is 79.9. The highest BCUT2D eigenvalue weighted by Crippen LogP contribution is 2.38. The number of halogens is 1. The molecular weight excluding hydrogens is 308 g/mol. The van der Waals surface area contributed by atoms with Crippen molar-refractivity contribution >= 4 is 26.3 Å². The molecule has 1 aliphatic heterocycles. The Labute approximate surface area is 119 Å². The normalized spacial score (nSPS) is 23.5. The Morgan fingerprint density at radius 1 is 1.26 bits per heavy atom. The molecule has 2 aliphatic rings. The van der Waals surface area contributed by atoms with Crippen molar-refractivity contribution < 1.29 is 4.79 Å². The van der Waals surface area contributed by atoms with Crippen molar-refractivity contribution in [2.24, 2.45) is 0 Å². The van der Waals surface area contributed by atoms with Gasteiger partial charge in [0.15, 0.2) is 0 Å². The van der Waals surface area contributed by atoms with Crippen LogP contribution in [0.25, 0.3) is 4.48 Å². The smallest absolute Gasteiger partial charge is 0.251 e. The maximum absolute atomic E-state index is 11.9. The molecule has 0 spiro atoms. The van der Waals surface area contributed by atoms with Gasteiger partial charge in [0.1, 0.15) is 0 Å². The van der Waals surface area contributed by atoms with Gasteiger partial charge in [-0.2, -0.15) is 0 Å². The maximum atomic E-state index is 11.9. The van der Waals surface area contributed by atoms with Gasteiger partial charge in [0.25, 0.3) is 5.56 Å². The lowest BCUT2D eigenvalue weighted by Crippen LogP contribution is -2.23. The van der Waals surface area contributed by atoms with Crippen molar-refractivity contribution in [2.75, 3.05) is 0 Å². The standard InChI is InChI=1S/C14H15BrN2O2/c15-11(7-9-3-6-13(18)16-9)12-5-4-10(8-1-2-8)14(19)17-12/h4-5,7-9H,1-3,6H2,(H,16,18)(H,17,19)/b11-7-/t9-/m1/s1. The molecular formula is C14H15BrN2O2. The van der Waals surface area contributed by atoms with E-state index in [1.807, 2.05) is 18.2 Å². The largest absolute Gasteiger partial charge is 0.350 e. The molecule has 1 amide bonds. The Hall–Kier alpha value is -1.36.